The zero-order chi connectivity index (χ0) is 15.2. The Labute approximate surface area is 122 Å². The lowest BCUT2D eigenvalue weighted by Gasteiger charge is -2.18. The quantitative estimate of drug-likeness (QED) is 0.854. The average Bonchev–Trinajstić information content (AvgIpc) is 2.49. The summed E-state index contributed by atoms with van der Waals surface area (Å²) in [5, 5.41) is 18.8. The zero-order valence-electron chi connectivity index (χ0n) is 11.3. The van der Waals surface area contributed by atoms with Gasteiger partial charge in [0, 0.05) is 0 Å². The van der Waals surface area contributed by atoms with Crippen molar-refractivity contribution in [3.8, 4) is 0 Å². The lowest BCUT2D eigenvalue weighted by molar-refractivity contribution is -0.141. The zero-order valence-corrected chi connectivity index (χ0v) is 11.3. The minimum Gasteiger partial charge on any atom is -0.481 e. The Hall–Kier alpha value is -2.62. The van der Waals surface area contributed by atoms with Gasteiger partial charge < -0.3 is 10.2 Å². The number of hydrogen-bond donors (Lipinski definition) is 2. The second-order valence-electron chi connectivity index (χ2n) is 4.84. The fourth-order valence-corrected chi connectivity index (χ4v) is 2.37. The van der Waals surface area contributed by atoms with Crippen molar-refractivity contribution in [2.75, 3.05) is 0 Å². The van der Waals surface area contributed by atoms with Crippen molar-refractivity contribution in [3.05, 3.63) is 71.8 Å². The molecule has 0 bridgehead atoms. The second-order valence-corrected chi connectivity index (χ2v) is 4.84. The molecule has 2 rings (SSSR count). The van der Waals surface area contributed by atoms with E-state index in [0.29, 0.717) is 11.1 Å². The summed E-state index contributed by atoms with van der Waals surface area (Å²) in [6, 6.07) is 17.5. The van der Waals surface area contributed by atoms with Gasteiger partial charge in [-0.1, -0.05) is 60.7 Å². The second kappa shape index (κ2) is 6.70. The molecule has 0 saturated heterocycles. The van der Waals surface area contributed by atoms with E-state index in [2.05, 4.69) is 0 Å². The first-order valence-electron chi connectivity index (χ1n) is 6.65. The molecule has 0 spiro atoms. The van der Waals surface area contributed by atoms with Crippen LogP contribution < -0.4 is 0 Å². The van der Waals surface area contributed by atoms with Gasteiger partial charge >= 0.3 is 11.9 Å². The van der Waals surface area contributed by atoms with Gasteiger partial charge in [-0.15, -0.1) is 0 Å². The minimum atomic E-state index is -1.01. The highest BCUT2D eigenvalue weighted by Crippen LogP contribution is 2.30. The predicted molar refractivity (Wildman–Crippen MR) is 78.3 cm³/mol. The van der Waals surface area contributed by atoms with Gasteiger partial charge in [0.1, 0.15) is 0 Å². The topological polar surface area (TPSA) is 74.6 Å². The summed E-state index contributed by atoms with van der Waals surface area (Å²) in [5.41, 5.74) is 1.24. The lowest BCUT2D eigenvalue weighted by Crippen LogP contribution is -2.20. The first-order valence-corrected chi connectivity index (χ1v) is 6.65. The van der Waals surface area contributed by atoms with Crippen molar-refractivity contribution in [3.63, 3.8) is 0 Å². The minimum absolute atomic E-state index is 0.0265. The molecule has 108 valence electrons. The van der Waals surface area contributed by atoms with E-state index in [0.717, 1.165) is 0 Å². The van der Waals surface area contributed by atoms with Gasteiger partial charge in [-0.05, 0) is 17.5 Å². The third kappa shape index (κ3) is 3.69. The van der Waals surface area contributed by atoms with Crippen molar-refractivity contribution in [2.24, 2.45) is 0 Å². The van der Waals surface area contributed by atoms with Crippen molar-refractivity contribution >= 4 is 11.9 Å². The van der Waals surface area contributed by atoms with Crippen LogP contribution in [0.2, 0.25) is 0 Å². The summed E-state index contributed by atoms with van der Waals surface area (Å²) >= 11 is 0. The maximum atomic E-state index is 11.5. The van der Waals surface area contributed by atoms with E-state index in [1.807, 2.05) is 0 Å². The van der Waals surface area contributed by atoms with E-state index < -0.39 is 23.8 Å². The molecule has 21 heavy (non-hydrogen) atoms. The molecule has 0 aliphatic rings. The standard InChI is InChI=1S/C17H16O4/c18-16(19)14(12-7-3-1-4-8-12)11-15(17(20)21)13-9-5-2-6-10-13/h1-10,14-15H,11H2,(H,18,19)(H,20,21). The van der Waals surface area contributed by atoms with Crippen LogP contribution in [0.3, 0.4) is 0 Å². The number of carboxylic acid groups (broad SMARTS) is 2. The number of carboxylic acids is 2. The molecule has 0 saturated carbocycles. The lowest BCUT2D eigenvalue weighted by atomic mass is 9.85. The molecular weight excluding hydrogens is 268 g/mol. The molecule has 2 aromatic carbocycles. The number of hydrogen-bond acceptors (Lipinski definition) is 2. The van der Waals surface area contributed by atoms with Crippen LogP contribution in [0.15, 0.2) is 60.7 Å². The van der Waals surface area contributed by atoms with Gasteiger partial charge in [0.25, 0.3) is 0 Å². The fourth-order valence-electron chi connectivity index (χ4n) is 2.37. The number of benzene rings is 2. The highest BCUT2D eigenvalue weighted by molar-refractivity contribution is 5.80. The summed E-state index contributed by atoms with van der Waals surface area (Å²) < 4.78 is 0. The maximum Gasteiger partial charge on any atom is 0.311 e. The Morgan fingerprint density at radius 1 is 0.714 bits per heavy atom. The predicted octanol–water partition coefficient (Wildman–Crippen LogP) is 3.11. The Bertz CT molecular complexity index is 552. The van der Waals surface area contributed by atoms with Gasteiger partial charge in [-0.2, -0.15) is 0 Å². The molecule has 0 radical (unpaired) electrons. The van der Waals surface area contributed by atoms with Gasteiger partial charge in [-0.3, -0.25) is 9.59 Å². The van der Waals surface area contributed by atoms with Crippen molar-refractivity contribution < 1.29 is 19.8 Å². The first-order chi connectivity index (χ1) is 10.1. The van der Waals surface area contributed by atoms with E-state index >= 15 is 0 Å². The van der Waals surface area contributed by atoms with E-state index in [9.17, 15) is 19.8 Å². The molecule has 4 heteroatoms. The SMILES string of the molecule is O=C(O)C(CC(C(=O)O)c1ccccc1)c1ccccc1. The van der Waals surface area contributed by atoms with Crippen molar-refractivity contribution in [1.82, 2.24) is 0 Å². The van der Waals surface area contributed by atoms with Crippen LogP contribution in [0, 0.1) is 0 Å². The summed E-state index contributed by atoms with van der Waals surface area (Å²) in [7, 11) is 0. The molecule has 4 nitrogen and oxygen atoms in total. The van der Waals surface area contributed by atoms with E-state index in [4.69, 9.17) is 0 Å². The van der Waals surface area contributed by atoms with E-state index in [1.165, 1.54) is 0 Å². The molecule has 0 heterocycles. The Balaban J connectivity index is 2.30. The Kier molecular flexibility index (Phi) is 4.72. The monoisotopic (exact) mass is 284 g/mol. The molecule has 0 aliphatic heterocycles. The van der Waals surface area contributed by atoms with Crippen LogP contribution in [0.5, 0.6) is 0 Å². The van der Waals surface area contributed by atoms with Gasteiger partial charge in [0.2, 0.25) is 0 Å². The Morgan fingerprint density at radius 2 is 1.05 bits per heavy atom. The van der Waals surface area contributed by atoms with Crippen LogP contribution in [-0.4, -0.2) is 22.2 Å². The van der Waals surface area contributed by atoms with Crippen molar-refractivity contribution in [2.45, 2.75) is 18.3 Å². The molecule has 2 atom stereocenters. The third-order valence-corrected chi connectivity index (χ3v) is 3.47. The molecule has 2 N–H and O–H groups in total. The van der Waals surface area contributed by atoms with E-state index in [-0.39, 0.29) is 6.42 Å². The van der Waals surface area contributed by atoms with E-state index in [1.54, 1.807) is 60.7 Å². The van der Waals surface area contributed by atoms with Gasteiger partial charge in [0.05, 0.1) is 11.8 Å². The summed E-state index contributed by atoms with van der Waals surface area (Å²) in [4.78, 5) is 23.0. The molecule has 2 unspecified atom stereocenters. The molecule has 2 aromatic rings. The highest BCUT2D eigenvalue weighted by atomic mass is 16.4. The molecule has 0 aromatic heterocycles. The van der Waals surface area contributed by atoms with Crippen LogP contribution in [0.4, 0.5) is 0 Å². The summed E-state index contributed by atoms with van der Waals surface area (Å²) in [5.74, 6) is -3.70. The van der Waals surface area contributed by atoms with Crippen molar-refractivity contribution in [1.29, 1.82) is 0 Å². The third-order valence-electron chi connectivity index (χ3n) is 3.47. The number of carbonyl (C=O) groups is 2. The Morgan fingerprint density at radius 3 is 1.33 bits per heavy atom. The fraction of sp³-hybridized carbons (Fsp3) is 0.176. The highest BCUT2D eigenvalue weighted by Gasteiger charge is 2.29. The summed E-state index contributed by atoms with van der Waals surface area (Å²) in [6.45, 7) is 0. The van der Waals surface area contributed by atoms with Crippen LogP contribution >= 0.6 is 0 Å². The average molecular weight is 284 g/mol. The number of aliphatic carboxylic acids is 2. The maximum absolute atomic E-state index is 11.5. The van der Waals surface area contributed by atoms with Crippen LogP contribution in [0.1, 0.15) is 29.4 Å². The molecule has 0 fully saturated rings. The van der Waals surface area contributed by atoms with Gasteiger partial charge in [-0.25, -0.2) is 0 Å². The molecular formula is C17H16O4. The molecule has 0 amide bonds. The molecule has 0 aliphatic carbocycles. The summed E-state index contributed by atoms with van der Waals surface area (Å²) in [6.07, 6.45) is 0.0265. The first kappa shape index (κ1) is 14.8. The largest absolute Gasteiger partial charge is 0.481 e. The van der Waals surface area contributed by atoms with Gasteiger partial charge in [0.15, 0.2) is 0 Å². The van der Waals surface area contributed by atoms with Crippen LogP contribution in [-0.2, 0) is 9.59 Å². The smallest absolute Gasteiger partial charge is 0.311 e. The number of rotatable bonds is 6. The normalized spacial score (nSPS) is 13.3. The van der Waals surface area contributed by atoms with Crippen LogP contribution in [0.25, 0.3) is 0 Å².